The first-order valence-electron chi connectivity index (χ1n) is 7.96. The lowest BCUT2D eigenvalue weighted by atomic mass is 9.60. The molecule has 2 N–H and O–H groups in total. The van der Waals surface area contributed by atoms with Crippen molar-refractivity contribution in [2.75, 3.05) is 6.61 Å². The number of hydrogen-bond donors (Lipinski definition) is 1. The lowest BCUT2D eigenvalue weighted by Gasteiger charge is -2.48. The molecule has 1 aliphatic heterocycles. The Labute approximate surface area is 122 Å². The smallest absolute Gasteiger partial charge is 0.122 e. The zero-order chi connectivity index (χ0) is 14.4. The Hall–Kier alpha value is -1.02. The summed E-state index contributed by atoms with van der Waals surface area (Å²) in [6.45, 7) is 7.82. The maximum Gasteiger partial charge on any atom is 0.122 e. The fourth-order valence-electron chi connectivity index (χ4n) is 4.23. The molecule has 2 atom stereocenters. The predicted molar refractivity (Wildman–Crippen MR) is 82.9 cm³/mol. The molecule has 1 aliphatic carbocycles. The van der Waals surface area contributed by atoms with E-state index in [4.69, 9.17) is 10.5 Å². The molecule has 0 aromatic heterocycles. The zero-order valence-corrected chi connectivity index (χ0v) is 13.0. The van der Waals surface area contributed by atoms with Gasteiger partial charge in [-0.25, -0.2) is 0 Å². The van der Waals surface area contributed by atoms with Crippen molar-refractivity contribution in [2.24, 2.45) is 17.1 Å². The average Bonchev–Trinajstić information content (AvgIpc) is 2.85. The van der Waals surface area contributed by atoms with E-state index in [1.807, 2.05) is 0 Å². The Balaban J connectivity index is 2.00. The second-order valence-electron chi connectivity index (χ2n) is 7.63. The number of hydrogen-bond acceptors (Lipinski definition) is 2. The summed E-state index contributed by atoms with van der Waals surface area (Å²) >= 11 is 0. The second kappa shape index (κ2) is 4.77. The van der Waals surface area contributed by atoms with Crippen LogP contribution in [-0.4, -0.2) is 6.61 Å². The third kappa shape index (κ3) is 2.24. The molecule has 1 heterocycles. The summed E-state index contributed by atoms with van der Waals surface area (Å²) in [4.78, 5) is 0. The van der Waals surface area contributed by atoms with Crippen LogP contribution in [0.5, 0.6) is 5.75 Å². The SMILES string of the molecule is CC(C)(C)C1CCCCC1(N)c1ccc2c(c1)CCO2. The molecule has 110 valence electrons. The van der Waals surface area contributed by atoms with Crippen LogP contribution in [0.3, 0.4) is 0 Å². The van der Waals surface area contributed by atoms with Gasteiger partial charge in [0.05, 0.1) is 6.61 Å². The van der Waals surface area contributed by atoms with E-state index in [2.05, 4.69) is 39.0 Å². The number of ether oxygens (including phenoxy) is 1. The zero-order valence-electron chi connectivity index (χ0n) is 13.0. The molecule has 0 saturated heterocycles. The molecule has 0 amide bonds. The quantitative estimate of drug-likeness (QED) is 0.839. The highest BCUT2D eigenvalue weighted by Crippen LogP contribution is 2.48. The molecule has 2 heteroatoms. The van der Waals surface area contributed by atoms with Crippen LogP contribution in [0.4, 0.5) is 0 Å². The number of benzene rings is 1. The van der Waals surface area contributed by atoms with Gasteiger partial charge in [0.2, 0.25) is 0 Å². The number of rotatable bonds is 1. The first kappa shape index (κ1) is 13.9. The largest absolute Gasteiger partial charge is 0.493 e. The van der Waals surface area contributed by atoms with Crippen molar-refractivity contribution in [3.63, 3.8) is 0 Å². The van der Waals surface area contributed by atoms with Crippen LogP contribution < -0.4 is 10.5 Å². The van der Waals surface area contributed by atoms with Crippen molar-refractivity contribution < 1.29 is 4.74 Å². The molecule has 3 rings (SSSR count). The number of fused-ring (bicyclic) bond motifs is 1. The fraction of sp³-hybridized carbons (Fsp3) is 0.667. The third-order valence-electron chi connectivity index (χ3n) is 5.23. The summed E-state index contributed by atoms with van der Waals surface area (Å²) in [5.41, 5.74) is 9.71. The van der Waals surface area contributed by atoms with Crippen LogP contribution in [0.1, 0.15) is 57.6 Å². The van der Waals surface area contributed by atoms with Crippen LogP contribution in [0.15, 0.2) is 18.2 Å². The molecule has 1 saturated carbocycles. The van der Waals surface area contributed by atoms with Gasteiger partial charge in [0.1, 0.15) is 5.75 Å². The summed E-state index contributed by atoms with van der Waals surface area (Å²) in [6.07, 6.45) is 5.94. The highest BCUT2D eigenvalue weighted by molar-refractivity contribution is 5.42. The molecule has 1 aromatic rings. The van der Waals surface area contributed by atoms with Gasteiger partial charge in [0.15, 0.2) is 0 Å². The van der Waals surface area contributed by atoms with E-state index in [9.17, 15) is 0 Å². The van der Waals surface area contributed by atoms with E-state index in [0.717, 1.165) is 25.2 Å². The van der Waals surface area contributed by atoms with Crippen LogP contribution >= 0.6 is 0 Å². The minimum Gasteiger partial charge on any atom is -0.493 e. The average molecular weight is 273 g/mol. The summed E-state index contributed by atoms with van der Waals surface area (Å²) < 4.78 is 5.63. The monoisotopic (exact) mass is 273 g/mol. The lowest BCUT2D eigenvalue weighted by molar-refractivity contribution is 0.0777. The molecule has 1 aromatic carbocycles. The van der Waals surface area contributed by atoms with Crippen molar-refractivity contribution in [3.05, 3.63) is 29.3 Å². The highest BCUT2D eigenvalue weighted by Gasteiger charge is 2.44. The predicted octanol–water partition coefficient (Wildman–Crippen LogP) is 4.01. The molecule has 2 aliphatic rings. The first-order chi connectivity index (χ1) is 9.41. The molecule has 1 fully saturated rings. The molecule has 0 spiro atoms. The minimum atomic E-state index is -0.172. The Kier molecular flexibility index (Phi) is 3.32. The summed E-state index contributed by atoms with van der Waals surface area (Å²) in [7, 11) is 0. The van der Waals surface area contributed by atoms with Crippen molar-refractivity contribution in [3.8, 4) is 5.75 Å². The van der Waals surface area contributed by atoms with Crippen LogP contribution in [0, 0.1) is 11.3 Å². The van der Waals surface area contributed by atoms with Gasteiger partial charge in [0.25, 0.3) is 0 Å². The van der Waals surface area contributed by atoms with Gasteiger partial charge in [-0.15, -0.1) is 0 Å². The van der Waals surface area contributed by atoms with Gasteiger partial charge < -0.3 is 10.5 Å². The Bertz CT molecular complexity index is 503. The molecule has 2 unspecified atom stereocenters. The molecular formula is C18H27NO. The van der Waals surface area contributed by atoms with Crippen molar-refractivity contribution in [2.45, 2.75) is 58.4 Å². The van der Waals surface area contributed by atoms with Crippen molar-refractivity contribution >= 4 is 0 Å². The maximum absolute atomic E-state index is 6.96. The topological polar surface area (TPSA) is 35.2 Å². The van der Waals surface area contributed by atoms with Crippen LogP contribution in [-0.2, 0) is 12.0 Å². The van der Waals surface area contributed by atoms with Gasteiger partial charge in [-0.3, -0.25) is 0 Å². The van der Waals surface area contributed by atoms with Gasteiger partial charge in [0, 0.05) is 12.0 Å². The van der Waals surface area contributed by atoms with E-state index >= 15 is 0 Å². The van der Waals surface area contributed by atoms with E-state index in [-0.39, 0.29) is 11.0 Å². The normalized spacial score (nSPS) is 29.9. The van der Waals surface area contributed by atoms with E-state index in [1.54, 1.807) is 0 Å². The lowest BCUT2D eigenvalue weighted by Crippen LogP contribution is -2.51. The number of nitrogens with two attached hydrogens (primary N) is 1. The second-order valence-corrected chi connectivity index (χ2v) is 7.63. The van der Waals surface area contributed by atoms with Crippen LogP contribution in [0.2, 0.25) is 0 Å². The fourth-order valence-corrected chi connectivity index (χ4v) is 4.23. The summed E-state index contributed by atoms with van der Waals surface area (Å²) in [5.74, 6) is 1.60. The van der Waals surface area contributed by atoms with Crippen molar-refractivity contribution in [1.29, 1.82) is 0 Å². The Morgan fingerprint density at radius 1 is 1.25 bits per heavy atom. The molecule has 0 radical (unpaired) electrons. The summed E-state index contributed by atoms with van der Waals surface area (Å²) in [6, 6.07) is 6.64. The van der Waals surface area contributed by atoms with Gasteiger partial charge in [-0.2, -0.15) is 0 Å². The molecule has 20 heavy (non-hydrogen) atoms. The standard InChI is InChI=1S/C18H27NO/c1-17(2,3)16-6-4-5-10-18(16,19)14-7-8-15-13(12-14)9-11-20-15/h7-8,12,16H,4-6,9-11,19H2,1-3H3. The van der Waals surface area contributed by atoms with Crippen molar-refractivity contribution in [1.82, 2.24) is 0 Å². The molecular weight excluding hydrogens is 246 g/mol. The highest BCUT2D eigenvalue weighted by atomic mass is 16.5. The van der Waals surface area contributed by atoms with E-state index < -0.39 is 0 Å². The summed E-state index contributed by atoms with van der Waals surface area (Å²) in [5, 5.41) is 0. The van der Waals surface area contributed by atoms with Gasteiger partial charge in [-0.05, 0) is 41.4 Å². The first-order valence-corrected chi connectivity index (χ1v) is 7.96. The molecule has 0 bridgehead atoms. The van der Waals surface area contributed by atoms with E-state index in [1.165, 1.54) is 30.4 Å². The third-order valence-corrected chi connectivity index (χ3v) is 5.23. The Morgan fingerprint density at radius 3 is 2.80 bits per heavy atom. The van der Waals surface area contributed by atoms with Crippen LogP contribution in [0.25, 0.3) is 0 Å². The maximum atomic E-state index is 6.96. The van der Waals surface area contributed by atoms with E-state index in [0.29, 0.717) is 5.92 Å². The molecule has 2 nitrogen and oxygen atoms in total. The minimum absolute atomic E-state index is 0.172. The Morgan fingerprint density at radius 2 is 2.05 bits per heavy atom. The van der Waals surface area contributed by atoms with Gasteiger partial charge >= 0.3 is 0 Å². The van der Waals surface area contributed by atoms with Gasteiger partial charge in [-0.1, -0.05) is 45.7 Å².